The SMILES string of the molecule is [O]CCCn1nnc2ccccc21. The molecule has 0 saturated carbocycles. The molecule has 0 bridgehead atoms. The molecule has 0 amide bonds. The molecule has 4 heteroatoms. The second-order valence-electron chi connectivity index (χ2n) is 2.86. The van der Waals surface area contributed by atoms with E-state index in [1.165, 1.54) is 0 Å². The predicted octanol–water partition coefficient (Wildman–Crippen LogP) is 1.25. The van der Waals surface area contributed by atoms with E-state index in [0.717, 1.165) is 11.0 Å². The number of aromatic nitrogens is 3. The van der Waals surface area contributed by atoms with Crippen LogP contribution >= 0.6 is 0 Å². The smallest absolute Gasteiger partial charge is 0.113 e. The summed E-state index contributed by atoms with van der Waals surface area (Å²) in [4.78, 5) is 0. The second kappa shape index (κ2) is 3.53. The van der Waals surface area contributed by atoms with Crippen LogP contribution in [0, 0.1) is 0 Å². The van der Waals surface area contributed by atoms with Gasteiger partial charge in [-0.25, -0.2) is 9.79 Å². The summed E-state index contributed by atoms with van der Waals surface area (Å²) < 4.78 is 1.77. The fourth-order valence-corrected chi connectivity index (χ4v) is 1.30. The van der Waals surface area contributed by atoms with Crippen LogP contribution in [0.3, 0.4) is 0 Å². The molecule has 0 N–H and O–H groups in total. The number of nitrogens with zero attached hydrogens (tertiary/aromatic N) is 3. The standard InChI is InChI=1S/C9H10N3O/c13-7-3-6-12-9-5-2-1-4-8(9)10-11-12/h1-2,4-5H,3,6-7H2. The molecule has 1 aromatic heterocycles. The molecule has 0 aliphatic heterocycles. The van der Waals surface area contributed by atoms with E-state index >= 15 is 0 Å². The summed E-state index contributed by atoms with van der Waals surface area (Å²) in [6.45, 7) is 0.595. The van der Waals surface area contributed by atoms with E-state index in [1.54, 1.807) is 4.68 Å². The molecule has 4 nitrogen and oxygen atoms in total. The first-order valence-corrected chi connectivity index (χ1v) is 4.28. The van der Waals surface area contributed by atoms with Crippen molar-refractivity contribution in [1.29, 1.82) is 0 Å². The molecule has 0 atom stereocenters. The molecule has 0 saturated heterocycles. The van der Waals surface area contributed by atoms with Crippen LogP contribution in [0.25, 0.3) is 11.0 Å². The maximum Gasteiger partial charge on any atom is 0.113 e. The topological polar surface area (TPSA) is 50.6 Å². The normalized spacial score (nSPS) is 10.8. The number of hydrogen-bond acceptors (Lipinski definition) is 2. The number of aryl methyl sites for hydroxylation is 1. The summed E-state index contributed by atoms with van der Waals surface area (Å²) >= 11 is 0. The lowest BCUT2D eigenvalue weighted by Crippen LogP contribution is -2.01. The van der Waals surface area contributed by atoms with Crippen LogP contribution in [0.1, 0.15) is 6.42 Å². The van der Waals surface area contributed by atoms with Crippen LogP contribution in [0.4, 0.5) is 0 Å². The minimum Gasteiger partial charge on any atom is -0.245 e. The molecule has 1 radical (unpaired) electrons. The van der Waals surface area contributed by atoms with E-state index in [1.807, 2.05) is 24.3 Å². The van der Waals surface area contributed by atoms with E-state index in [9.17, 15) is 5.11 Å². The summed E-state index contributed by atoms with van der Waals surface area (Å²) in [6.07, 6.45) is 0.605. The van der Waals surface area contributed by atoms with Gasteiger partial charge in [-0.1, -0.05) is 17.3 Å². The van der Waals surface area contributed by atoms with Gasteiger partial charge < -0.3 is 0 Å². The molecule has 2 aromatic rings. The molecule has 2 rings (SSSR count). The van der Waals surface area contributed by atoms with Gasteiger partial charge in [0.1, 0.15) is 5.52 Å². The highest BCUT2D eigenvalue weighted by Crippen LogP contribution is 2.09. The molecule has 67 valence electrons. The summed E-state index contributed by atoms with van der Waals surface area (Å²) in [7, 11) is 0. The molecule has 0 fully saturated rings. The Bertz CT molecular complexity index is 396. The zero-order valence-electron chi connectivity index (χ0n) is 7.18. The third-order valence-corrected chi connectivity index (χ3v) is 1.93. The van der Waals surface area contributed by atoms with Crippen molar-refractivity contribution in [1.82, 2.24) is 15.0 Å². The van der Waals surface area contributed by atoms with Gasteiger partial charge in [0.05, 0.1) is 12.1 Å². The minimum atomic E-state index is -0.0613. The number of para-hydroxylation sites is 1. The monoisotopic (exact) mass is 176 g/mol. The van der Waals surface area contributed by atoms with Crippen LogP contribution in [0.5, 0.6) is 0 Å². The Labute approximate surface area is 75.8 Å². The van der Waals surface area contributed by atoms with E-state index in [-0.39, 0.29) is 6.61 Å². The lowest BCUT2D eigenvalue weighted by molar-refractivity contribution is 0.183. The van der Waals surface area contributed by atoms with Gasteiger partial charge in [0, 0.05) is 6.54 Å². The Morgan fingerprint density at radius 1 is 1.31 bits per heavy atom. The number of rotatable bonds is 3. The third-order valence-electron chi connectivity index (χ3n) is 1.93. The molecule has 1 aromatic carbocycles. The molecule has 0 aliphatic carbocycles. The van der Waals surface area contributed by atoms with Crippen molar-refractivity contribution in [3.63, 3.8) is 0 Å². The van der Waals surface area contributed by atoms with E-state index in [4.69, 9.17) is 0 Å². The van der Waals surface area contributed by atoms with Crippen molar-refractivity contribution in [2.75, 3.05) is 6.61 Å². The average molecular weight is 176 g/mol. The van der Waals surface area contributed by atoms with Gasteiger partial charge in [-0.15, -0.1) is 5.10 Å². The lowest BCUT2D eigenvalue weighted by atomic mass is 10.3. The Kier molecular flexibility index (Phi) is 2.23. The quantitative estimate of drug-likeness (QED) is 0.706. The maximum atomic E-state index is 10.3. The van der Waals surface area contributed by atoms with Crippen LogP contribution in [-0.4, -0.2) is 21.6 Å². The van der Waals surface area contributed by atoms with Crippen LogP contribution in [0.2, 0.25) is 0 Å². The van der Waals surface area contributed by atoms with Crippen LogP contribution < -0.4 is 0 Å². The Hall–Kier alpha value is -1.42. The van der Waals surface area contributed by atoms with Gasteiger partial charge >= 0.3 is 0 Å². The molecule has 1 heterocycles. The third kappa shape index (κ3) is 1.53. The summed E-state index contributed by atoms with van der Waals surface area (Å²) in [5.74, 6) is 0. The molecule has 13 heavy (non-hydrogen) atoms. The highest BCUT2D eigenvalue weighted by Gasteiger charge is 2.01. The van der Waals surface area contributed by atoms with Crippen LogP contribution in [-0.2, 0) is 11.7 Å². The van der Waals surface area contributed by atoms with Crippen molar-refractivity contribution in [3.8, 4) is 0 Å². The summed E-state index contributed by atoms with van der Waals surface area (Å²) in [5.41, 5.74) is 1.88. The second-order valence-corrected chi connectivity index (χ2v) is 2.86. The number of fused-ring (bicyclic) bond motifs is 1. The minimum absolute atomic E-state index is 0.0613. The largest absolute Gasteiger partial charge is 0.245 e. The molecule has 0 unspecified atom stereocenters. The van der Waals surface area contributed by atoms with Crippen LogP contribution in [0.15, 0.2) is 24.3 Å². The Morgan fingerprint density at radius 3 is 3.00 bits per heavy atom. The van der Waals surface area contributed by atoms with Gasteiger partial charge in [0.25, 0.3) is 0 Å². The Morgan fingerprint density at radius 2 is 2.15 bits per heavy atom. The van der Waals surface area contributed by atoms with Crippen molar-refractivity contribution >= 4 is 11.0 Å². The zero-order valence-corrected chi connectivity index (χ0v) is 7.18. The molecule has 0 spiro atoms. The fraction of sp³-hybridized carbons (Fsp3) is 0.333. The highest BCUT2D eigenvalue weighted by molar-refractivity contribution is 5.73. The predicted molar refractivity (Wildman–Crippen MR) is 47.7 cm³/mol. The highest BCUT2D eigenvalue weighted by atomic mass is 16.3. The van der Waals surface area contributed by atoms with E-state index in [0.29, 0.717) is 13.0 Å². The fourth-order valence-electron chi connectivity index (χ4n) is 1.30. The maximum absolute atomic E-state index is 10.3. The van der Waals surface area contributed by atoms with Gasteiger partial charge in [0.15, 0.2) is 0 Å². The lowest BCUT2D eigenvalue weighted by Gasteiger charge is -1.97. The summed E-state index contributed by atoms with van der Waals surface area (Å²) in [5, 5.41) is 18.2. The molecular weight excluding hydrogens is 166 g/mol. The van der Waals surface area contributed by atoms with E-state index in [2.05, 4.69) is 10.3 Å². The van der Waals surface area contributed by atoms with Crippen molar-refractivity contribution < 1.29 is 5.11 Å². The van der Waals surface area contributed by atoms with Gasteiger partial charge in [-0.3, -0.25) is 0 Å². The van der Waals surface area contributed by atoms with Gasteiger partial charge in [-0.2, -0.15) is 0 Å². The molecular formula is C9H10N3O. The Balaban J connectivity index is 2.35. The number of hydrogen-bond donors (Lipinski definition) is 0. The number of benzene rings is 1. The molecule has 0 aliphatic rings. The van der Waals surface area contributed by atoms with Crippen molar-refractivity contribution in [2.45, 2.75) is 13.0 Å². The zero-order chi connectivity index (χ0) is 9.10. The summed E-state index contributed by atoms with van der Waals surface area (Å²) in [6, 6.07) is 7.74. The van der Waals surface area contributed by atoms with Crippen molar-refractivity contribution in [3.05, 3.63) is 24.3 Å². The van der Waals surface area contributed by atoms with Crippen molar-refractivity contribution in [2.24, 2.45) is 0 Å². The first kappa shape index (κ1) is 8.19. The average Bonchev–Trinajstić information content (AvgIpc) is 2.58. The van der Waals surface area contributed by atoms with Gasteiger partial charge in [-0.05, 0) is 18.6 Å². The van der Waals surface area contributed by atoms with Gasteiger partial charge in [0.2, 0.25) is 0 Å². The van der Waals surface area contributed by atoms with E-state index < -0.39 is 0 Å². The first-order chi connectivity index (χ1) is 6.42. The first-order valence-electron chi connectivity index (χ1n) is 4.28.